The molecule has 0 bridgehead atoms. The van der Waals surface area contributed by atoms with Crippen LogP contribution in [0, 0.1) is 19.3 Å². The predicted octanol–water partition coefficient (Wildman–Crippen LogP) is 2.07. The number of carbonyl (C=O) groups excluding carboxylic acids is 1. The summed E-state index contributed by atoms with van der Waals surface area (Å²) in [5.41, 5.74) is 2.20. The van der Waals surface area contributed by atoms with E-state index in [-0.39, 0.29) is 11.9 Å². The standard InChI is InChI=1S/C14H17NO/c1-4-13(5-2)15-14(16)10-12-8-6-11(3)7-9-12/h1,6-9,13H,5,10H2,2-3H3,(H,15,16). The van der Waals surface area contributed by atoms with E-state index in [2.05, 4.69) is 11.2 Å². The zero-order chi connectivity index (χ0) is 12.0. The molecule has 0 spiro atoms. The number of aryl methyl sites for hydroxylation is 1. The molecule has 1 unspecified atom stereocenters. The van der Waals surface area contributed by atoms with Crippen molar-refractivity contribution in [3.8, 4) is 12.3 Å². The second-order valence-corrected chi connectivity index (χ2v) is 3.86. The molecule has 1 rings (SSSR count). The summed E-state index contributed by atoms with van der Waals surface area (Å²) in [6.45, 7) is 3.98. The van der Waals surface area contributed by atoms with Crippen LogP contribution in [0.3, 0.4) is 0 Å². The molecule has 84 valence electrons. The van der Waals surface area contributed by atoms with Gasteiger partial charge in [0.05, 0.1) is 12.5 Å². The highest BCUT2D eigenvalue weighted by molar-refractivity contribution is 5.79. The van der Waals surface area contributed by atoms with Crippen LogP contribution in [-0.4, -0.2) is 11.9 Å². The molecule has 0 aliphatic carbocycles. The van der Waals surface area contributed by atoms with Gasteiger partial charge >= 0.3 is 0 Å². The molecule has 0 aliphatic heterocycles. The molecular weight excluding hydrogens is 198 g/mol. The Balaban J connectivity index is 2.52. The number of rotatable bonds is 4. The highest BCUT2D eigenvalue weighted by Crippen LogP contribution is 2.04. The average Bonchev–Trinajstić information content (AvgIpc) is 2.29. The van der Waals surface area contributed by atoms with Crippen LogP contribution in [0.25, 0.3) is 0 Å². The van der Waals surface area contributed by atoms with Crippen molar-refractivity contribution in [3.05, 3.63) is 35.4 Å². The van der Waals surface area contributed by atoms with Gasteiger partial charge in [-0.3, -0.25) is 4.79 Å². The first-order chi connectivity index (χ1) is 7.65. The van der Waals surface area contributed by atoms with Crippen LogP contribution in [0.2, 0.25) is 0 Å². The molecule has 0 aliphatic rings. The zero-order valence-electron chi connectivity index (χ0n) is 9.79. The maximum atomic E-state index is 11.6. The first-order valence-electron chi connectivity index (χ1n) is 5.46. The van der Waals surface area contributed by atoms with E-state index in [1.807, 2.05) is 38.1 Å². The molecular formula is C14H17NO. The van der Waals surface area contributed by atoms with Crippen molar-refractivity contribution in [2.75, 3.05) is 0 Å². The average molecular weight is 215 g/mol. The van der Waals surface area contributed by atoms with Gasteiger partial charge in [-0.15, -0.1) is 6.42 Å². The SMILES string of the molecule is C#CC(CC)NC(=O)Cc1ccc(C)cc1. The fourth-order valence-corrected chi connectivity index (χ4v) is 1.40. The van der Waals surface area contributed by atoms with Crippen molar-refractivity contribution < 1.29 is 4.79 Å². The van der Waals surface area contributed by atoms with Crippen LogP contribution in [-0.2, 0) is 11.2 Å². The summed E-state index contributed by atoms with van der Waals surface area (Å²) in [4.78, 5) is 11.6. The molecule has 1 amide bonds. The maximum Gasteiger partial charge on any atom is 0.225 e. The summed E-state index contributed by atoms with van der Waals surface area (Å²) >= 11 is 0. The van der Waals surface area contributed by atoms with Crippen molar-refractivity contribution in [1.29, 1.82) is 0 Å². The fraction of sp³-hybridized carbons (Fsp3) is 0.357. The number of terminal acetylenes is 1. The lowest BCUT2D eigenvalue weighted by atomic mass is 10.1. The first-order valence-corrected chi connectivity index (χ1v) is 5.46. The summed E-state index contributed by atoms with van der Waals surface area (Å²) < 4.78 is 0. The number of carbonyl (C=O) groups is 1. The zero-order valence-corrected chi connectivity index (χ0v) is 9.79. The van der Waals surface area contributed by atoms with Crippen molar-refractivity contribution in [1.82, 2.24) is 5.32 Å². The van der Waals surface area contributed by atoms with Crippen molar-refractivity contribution in [2.45, 2.75) is 32.7 Å². The second kappa shape index (κ2) is 5.97. The molecule has 0 saturated heterocycles. The van der Waals surface area contributed by atoms with E-state index in [0.717, 1.165) is 12.0 Å². The van der Waals surface area contributed by atoms with Crippen LogP contribution in [0.1, 0.15) is 24.5 Å². The van der Waals surface area contributed by atoms with Crippen molar-refractivity contribution in [3.63, 3.8) is 0 Å². The molecule has 0 radical (unpaired) electrons. The molecule has 0 saturated carbocycles. The monoisotopic (exact) mass is 215 g/mol. The molecule has 1 aromatic rings. The van der Waals surface area contributed by atoms with Crippen LogP contribution in [0.4, 0.5) is 0 Å². The van der Waals surface area contributed by atoms with E-state index >= 15 is 0 Å². The van der Waals surface area contributed by atoms with Gasteiger partial charge in [-0.1, -0.05) is 42.7 Å². The second-order valence-electron chi connectivity index (χ2n) is 3.86. The number of nitrogens with one attached hydrogen (secondary N) is 1. The van der Waals surface area contributed by atoms with Gasteiger partial charge in [0, 0.05) is 0 Å². The third-order valence-corrected chi connectivity index (χ3v) is 2.43. The number of hydrogen-bond donors (Lipinski definition) is 1. The Kier molecular flexibility index (Phi) is 4.60. The normalized spacial score (nSPS) is 11.6. The van der Waals surface area contributed by atoms with Gasteiger partial charge in [-0.25, -0.2) is 0 Å². The predicted molar refractivity (Wildman–Crippen MR) is 65.9 cm³/mol. The van der Waals surface area contributed by atoms with Gasteiger partial charge in [-0.2, -0.15) is 0 Å². The summed E-state index contributed by atoms with van der Waals surface area (Å²) in [5, 5.41) is 2.80. The van der Waals surface area contributed by atoms with E-state index in [0.29, 0.717) is 6.42 Å². The molecule has 0 aromatic heterocycles. The van der Waals surface area contributed by atoms with Crippen LogP contribution < -0.4 is 5.32 Å². The summed E-state index contributed by atoms with van der Waals surface area (Å²) in [5.74, 6) is 2.53. The Hall–Kier alpha value is -1.75. The minimum Gasteiger partial charge on any atom is -0.342 e. The summed E-state index contributed by atoms with van der Waals surface area (Å²) in [6.07, 6.45) is 6.43. The van der Waals surface area contributed by atoms with Crippen LogP contribution >= 0.6 is 0 Å². The van der Waals surface area contributed by atoms with Gasteiger partial charge in [0.15, 0.2) is 0 Å². The molecule has 1 N–H and O–H groups in total. The molecule has 2 nitrogen and oxygen atoms in total. The Labute approximate surface area is 97.1 Å². The summed E-state index contributed by atoms with van der Waals surface area (Å²) in [7, 11) is 0. The van der Waals surface area contributed by atoms with Gasteiger partial charge in [0.25, 0.3) is 0 Å². The Morgan fingerprint density at radius 1 is 1.44 bits per heavy atom. The quantitative estimate of drug-likeness (QED) is 0.765. The van der Waals surface area contributed by atoms with Gasteiger partial charge < -0.3 is 5.32 Å². The van der Waals surface area contributed by atoms with E-state index in [1.165, 1.54) is 5.56 Å². The topological polar surface area (TPSA) is 29.1 Å². The lowest BCUT2D eigenvalue weighted by Gasteiger charge is -2.10. The highest BCUT2D eigenvalue weighted by atomic mass is 16.1. The van der Waals surface area contributed by atoms with Crippen LogP contribution in [0.5, 0.6) is 0 Å². The minimum absolute atomic E-state index is 0.0198. The van der Waals surface area contributed by atoms with Crippen molar-refractivity contribution in [2.24, 2.45) is 0 Å². The minimum atomic E-state index is -0.155. The molecule has 0 fully saturated rings. The van der Waals surface area contributed by atoms with Gasteiger partial charge in [-0.05, 0) is 18.9 Å². The Morgan fingerprint density at radius 3 is 2.56 bits per heavy atom. The Bertz CT molecular complexity index is 386. The maximum absolute atomic E-state index is 11.6. The summed E-state index contributed by atoms with van der Waals surface area (Å²) in [6, 6.07) is 7.78. The highest BCUT2D eigenvalue weighted by Gasteiger charge is 2.07. The number of benzene rings is 1. The largest absolute Gasteiger partial charge is 0.342 e. The smallest absolute Gasteiger partial charge is 0.225 e. The molecule has 1 aromatic carbocycles. The first kappa shape index (κ1) is 12.3. The van der Waals surface area contributed by atoms with Crippen molar-refractivity contribution >= 4 is 5.91 Å². The van der Waals surface area contributed by atoms with Crippen LogP contribution in [0.15, 0.2) is 24.3 Å². The van der Waals surface area contributed by atoms with E-state index < -0.39 is 0 Å². The lowest BCUT2D eigenvalue weighted by molar-refractivity contribution is -0.120. The van der Waals surface area contributed by atoms with Gasteiger partial charge in [0.1, 0.15) is 0 Å². The molecule has 2 heteroatoms. The Morgan fingerprint density at radius 2 is 2.06 bits per heavy atom. The van der Waals surface area contributed by atoms with E-state index in [9.17, 15) is 4.79 Å². The molecule has 0 heterocycles. The van der Waals surface area contributed by atoms with E-state index in [4.69, 9.17) is 6.42 Å². The third kappa shape index (κ3) is 3.78. The number of amides is 1. The molecule has 16 heavy (non-hydrogen) atoms. The third-order valence-electron chi connectivity index (χ3n) is 2.43. The fourth-order valence-electron chi connectivity index (χ4n) is 1.40. The van der Waals surface area contributed by atoms with Gasteiger partial charge in [0.2, 0.25) is 5.91 Å². The molecule has 1 atom stereocenters. The van der Waals surface area contributed by atoms with E-state index in [1.54, 1.807) is 0 Å². The lowest BCUT2D eigenvalue weighted by Crippen LogP contribution is -2.34. The number of hydrogen-bond acceptors (Lipinski definition) is 1.